The van der Waals surface area contributed by atoms with Crippen molar-refractivity contribution in [1.82, 2.24) is 0 Å². The number of ether oxygens (including phenoxy) is 1. The molecule has 0 unspecified atom stereocenters. The van der Waals surface area contributed by atoms with Gasteiger partial charge < -0.3 is 22.0 Å². The Kier molecular flexibility index (Phi) is 6.13. The number of para-hydroxylation sites is 1. The van der Waals surface area contributed by atoms with Gasteiger partial charge in [0.25, 0.3) is 0 Å². The van der Waals surface area contributed by atoms with Crippen molar-refractivity contribution in [3.63, 3.8) is 0 Å². The average molecular weight is 384 g/mol. The lowest BCUT2D eigenvalue weighted by Gasteiger charge is -2.04. The van der Waals surface area contributed by atoms with Gasteiger partial charge in [-0.2, -0.15) is 0 Å². The molecule has 0 aliphatic heterocycles. The summed E-state index contributed by atoms with van der Waals surface area (Å²) in [5.74, 6) is 1.74. The Labute approximate surface area is 123 Å². The number of rotatable bonds is 2. The fourth-order valence-corrected chi connectivity index (χ4v) is 1.49. The molecule has 1 nitrogen and oxygen atoms in total. The van der Waals surface area contributed by atoms with Crippen LogP contribution in [0.4, 0.5) is 17.3 Å². The highest BCUT2D eigenvalue weighted by Gasteiger charge is 2.20. The Balaban J connectivity index is 0.000000526. The summed E-state index contributed by atoms with van der Waals surface area (Å²) < 4.78 is 45.8. The lowest BCUT2D eigenvalue weighted by Crippen LogP contribution is -2.02. The SMILES string of the molecule is F[B-](F)(F)F.Ic1ccc(Oc2ccccc2)cc1.[H+]. The highest BCUT2D eigenvalue weighted by atomic mass is 127. The molecule has 0 aliphatic rings. The molecule has 2 aromatic rings. The van der Waals surface area contributed by atoms with E-state index in [0.717, 1.165) is 11.5 Å². The van der Waals surface area contributed by atoms with Crippen molar-refractivity contribution < 1.29 is 23.4 Å². The Bertz CT molecular complexity index is 487. The van der Waals surface area contributed by atoms with E-state index in [1.165, 1.54) is 3.57 Å². The van der Waals surface area contributed by atoms with E-state index in [1.807, 2.05) is 54.6 Å². The monoisotopic (exact) mass is 384 g/mol. The molecule has 0 saturated carbocycles. The molecule has 0 saturated heterocycles. The van der Waals surface area contributed by atoms with Crippen molar-refractivity contribution in [2.75, 3.05) is 0 Å². The molecule has 0 aromatic heterocycles. The molecule has 0 fully saturated rings. The molecule has 2 rings (SSSR count). The predicted molar refractivity (Wildman–Crippen MR) is 77.0 cm³/mol. The van der Waals surface area contributed by atoms with Crippen LogP contribution in [0, 0.1) is 3.57 Å². The lowest BCUT2D eigenvalue weighted by atomic mass is 10.3. The smallest absolute Gasteiger partial charge is 0.457 e. The van der Waals surface area contributed by atoms with Gasteiger partial charge in [-0.05, 0) is 59.0 Å². The van der Waals surface area contributed by atoms with Crippen LogP contribution in [0.1, 0.15) is 1.43 Å². The Morgan fingerprint density at radius 1 is 0.789 bits per heavy atom. The minimum absolute atomic E-state index is 0. The molecule has 0 heterocycles. The highest BCUT2D eigenvalue weighted by Crippen LogP contribution is 2.21. The van der Waals surface area contributed by atoms with Crippen molar-refractivity contribution in [2.45, 2.75) is 0 Å². The van der Waals surface area contributed by atoms with E-state index < -0.39 is 7.25 Å². The van der Waals surface area contributed by atoms with E-state index in [9.17, 15) is 17.3 Å². The van der Waals surface area contributed by atoms with E-state index in [-0.39, 0.29) is 1.43 Å². The minimum Gasteiger partial charge on any atom is -0.457 e. The molecule has 0 radical (unpaired) electrons. The van der Waals surface area contributed by atoms with E-state index in [4.69, 9.17) is 4.74 Å². The summed E-state index contributed by atoms with van der Waals surface area (Å²) in [5, 5.41) is 0. The van der Waals surface area contributed by atoms with Crippen molar-refractivity contribution in [2.24, 2.45) is 0 Å². The summed E-state index contributed by atoms with van der Waals surface area (Å²) in [7, 11) is -6.00. The summed E-state index contributed by atoms with van der Waals surface area (Å²) in [6.45, 7) is 0. The van der Waals surface area contributed by atoms with Crippen LogP contribution < -0.4 is 4.74 Å². The summed E-state index contributed by atoms with van der Waals surface area (Å²) in [6, 6.07) is 17.8. The molecule has 2 aromatic carbocycles. The van der Waals surface area contributed by atoms with E-state index >= 15 is 0 Å². The third-order valence-corrected chi connectivity index (χ3v) is 2.51. The van der Waals surface area contributed by atoms with Crippen LogP contribution in [0.2, 0.25) is 0 Å². The summed E-state index contributed by atoms with van der Waals surface area (Å²) >= 11 is 2.27. The summed E-state index contributed by atoms with van der Waals surface area (Å²) in [5.41, 5.74) is 0. The maximum absolute atomic E-state index is 9.75. The third kappa shape index (κ3) is 8.47. The first-order valence-electron chi connectivity index (χ1n) is 5.20. The molecule has 0 amide bonds. The molecular formula is C12H10BF4IO. The van der Waals surface area contributed by atoms with Crippen LogP contribution in [0.3, 0.4) is 0 Å². The van der Waals surface area contributed by atoms with Gasteiger partial charge in [-0.3, -0.25) is 0 Å². The zero-order chi connectivity index (χ0) is 14.3. The van der Waals surface area contributed by atoms with Gasteiger partial charge in [-0.25, -0.2) is 0 Å². The normalized spacial score (nSPS) is 10.4. The predicted octanol–water partition coefficient (Wildman–Crippen LogP) is 5.50. The molecular weight excluding hydrogens is 374 g/mol. The third-order valence-electron chi connectivity index (χ3n) is 1.79. The van der Waals surface area contributed by atoms with Gasteiger partial charge in [0.1, 0.15) is 11.5 Å². The van der Waals surface area contributed by atoms with Crippen LogP contribution >= 0.6 is 22.6 Å². The van der Waals surface area contributed by atoms with Gasteiger partial charge in [-0.1, -0.05) is 18.2 Å². The number of hydrogen-bond acceptors (Lipinski definition) is 1. The van der Waals surface area contributed by atoms with Crippen LogP contribution in [-0.4, -0.2) is 7.25 Å². The zero-order valence-corrected chi connectivity index (χ0v) is 11.7. The second-order valence-electron chi connectivity index (χ2n) is 3.36. The fraction of sp³-hybridized carbons (Fsp3) is 0. The molecule has 0 N–H and O–H groups in total. The fourth-order valence-electron chi connectivity index (χ4n) is 1.13. The largest absolute Gasteiger partial charge is 1.00 e. The second-order valence-corrected chi connectivity index (χ2v) is 4.61. The number of halogens is 5. The Morgan fingerprint density at radius 3 is 1.68 bits per heavy atom. The summed E-state index contributed by atoms with van der Waals surface area (Å²) in [6.07, 6.45) is 0. The molecule has 7 heteroatoms. The topological polar surface area (TPSA) is 9.23 Å². The minimum atomic E-state index is -6.00. The summed E-state index contributed by atoms with van der Waals surface area (Å²) in [4.78, 5) is 0. The maximum Gasteiger partial charge on any atom is 1.00 e. The average Bonchev–Trinajstić information content (AvgIpc) is 2.31. The zero-order valence-electron chi connectivity index (χ0n) is 10.6. The van der Waals surface area contributed by atoms with Crippen LogP contribution in [0.25, 0.3) is 0 Å². The molecule has 0 spiro atoms. The van der Waals surface area contributed by atoms with Crippen LogP contribution in [0.5, 0.6) is 11.5 Å². The number of benzene rings is 2. The van der Waals surface area contributed by atoms with Crippen molar-refractivity contribution in [3.8, 4) is 11.5 Å². The Morgan fingerprint density at radius 2 is 1.21 bits per heavy atom. The molecule has 102 valence electrons. The van der Waals surface area contributed by atoms with Crippen LogP contribution in [-0.2, 0) is 0 Å². The molecule has 19 heavy (non-hydrogen) atoms. The van der Waals surface area contributed by atoms with Crippen LogP contribution in [0.15, 0.2) is 54.6 Å². The highest BCUT2D eigenvalue weighted by molar-refractivity contribution is 14.1. The first-order valence-corrected chi connectivity index (χ1v) is 6.28. The first kappa shape index (κ1) is 15.8. The van der Waals surface area contributed by atoms with Crippen molar-refractivity contribution >= 4 is 29.8 Å². The quantitative estimate of drug-likeness (QED) is 0.378. The van der Waals surface area contributed by atoms with Gasteiger partial charge in [0, 0.05) is 3.57 Å². The van der Waals surface area contributed by atoms with Gasteiger partial charge in [0.15, 0.2) is 0 Å². The van der Waals surface area contributed by atoms with Gasteiger partial charge in [0.2, 0.25) is 0 Å². The molecule has 0 atom stereocenters. The second kappa shape index (κ2) is 7.37. The van der Waals surface area contributed by atoms with Gasteiger partial charge in [0.05, 0.1) is 0 Å². The van der Waals surface area contributed by atoms with E-state index in [0.29, 0.717) is 0 Å². The van der Waals surface area contributed by atoms with E-state index in [1.54, 1.807) is 0 Å². The van der Waals surface area contributed by atoms with Gasteiger partial charge in [-0.15, -0.1) is 0 Å². The lowest BCUT2D eigenvalue weighted by molar-refractivity contribution is 0.368. The Hall–Kier alpha value is -1.25. The first-order chi connectivity index (χ1) is 8.84. The van der Waals surface area contributed by atoms with Crippen molar-refractivity contribution in [1.29, 1.82) is 0 Å². The molecule has 0 bridgehead atoms. The number of hydrogen-bond donors (Lipinski definition) is 0. The van der Waals surface area contributed by atoms with Gasteiger partial charge >= 0.3 is 8.68 Å². The molecule has 0 aliphatic carbocycles. The van der Waals surface area contributed by atoms with E-state index in [2.05, 4.69) is 22.6 Å². The van der Waals surface area contributed by atoms with Crippen molar-refractivity contribution in [3.05, 3.63) is 58.2 Å². The maximum atomic E-state index is 9.75. The standard InChI is InChI=1S/C12H9IO.BF4/c13-10-6-8-12(9-7-10)14-11-4-2-1-3-5-11;2-1(3,4)5/h1-9H;/q;-1/p+1.